The van der Waals surface area contributed by atoms with Crippen LogP contribution in [0, 0.1) is 12.8 Å². The third-order valence-electron chi connectivity index (χ3n) is 4.68. The fraction of sp³-hybridized carbons (Fsp3) is 0.368. The summed E-state index contributed by atoms with van der Waals surface area (Å²) in [5.74, 6) is -0.212. The molecule has 2 atom stereocenters. The van der Waals surface area contributed by atoms with Crippen LogP contribution >= 0.6 is 0 Å². The topological polar surface area (TPSA) is 76.1 Å². The maximum atomic E-state index is 12.8. The van der Waals surface area contributed by atoms with Crippen LogP contribution in [0.2, 0.25) is 0 Å². The lowest BCUT2D eigenvalue weighted by atomic mass is 9.81. The Balaban J connectivity index is 1.94. The van der Waals surface area contributed by atoms with Gasteiger partial charge in [0, 0.05) is 24.7 Å². The SMILES string of the molecule is Cc1ccc(S(=O)(=O)N[C@H](c2ccncc2)[C@H]2CCCCC2=O)cc1. The number of rotatable bonds is 5. The molecule has 0 bridgehead atoms. The maximum Gasteiger partial charge on any atom is 0.241 e. The molecule has 1 N–H and O–H groups in total. The van der Waals surface area contributed by atoms with Gasteiger partial charge in [-0.05, 0) is 49.6 Å². The van der Waals surface area contributed by atoms with Crippen molar-refractivity contribution in [3.05, 3.63) is 59.9 Å². The van der Waals surface area contributed by atoms with Gasteiger partial charge in [-0.1, -0.05) is 24.1 Å². The van der Waals surface area contributed by atoms with E-state index in [9.17, 15) is 13.2 Å². The molecule has 3 rings (SSSR count). The molecule has 25 heavy (non-hydrogen) atoms. The molecule has 0 radical (unpaired) electrons. The average molecular weight is 358 g/mol. The summed E-state index contributed by atoms with van der Waals surface area (Å²) in [6, 6.07) is 9.67. The molecule has 6 heteroatoms. The number of nitrogens with zero attached hydrogens (tertiary/aromatic N) is 1. The summed E-state index contributed by atoms with van der Waals surface area (Å²) in [6.45, 7) is 1.91. The first-order valence-electron chi connectivity index (χ1n) is 8.49. The Bertz CT molecular complexity index is 833. The van der Waals surface area contributed by atoms with Crippen molar-refractivity contribution < 1.29 is 13.2 Å². The number of benzene rings is 1. The van der Waals surface area contributed by atoms with Crippen molar-refractivity contribution in [2.45, 2.75) is 43.5 Å². The van der Waals surface area contributed by atoms with E-state index in [-0.39, 0.29) is 16.6 Å². The Labute approximate surface area is 148 Å². The molecular weight excluding hydrogens is 336 g/mol. The summed E-state index contributed by atoms with van der Waals surface area (Å²) in [5, 5.41) is 0. The van der Waals surface area contributed by atoms with E-state index >= 15 is 0 Å². The highest BCUT2D eigenvalue weighted by molar-refractivity contribution is 7.89. The first kappa shape index (κ1) is 17.8. The first-order chi connectivity index (χ1) is 12.0. The summed E-state index contributed by atoms with van der Waals surface area (Å²) in [6.07, 6.45) is 6.26. The monoisotopic (exact) mass is 358 g/mol. The molecule has 0 aliphatic heterocycles. The molecule has 0 saturated heterocycles. The minimum absolute atomic E-state index is 0.125. The molecule has 1 fully saturated rings. The van der Waals surface area contributed by atoms with Gasteiger partial charge in [0.15, 0.2) is 0 Å². The highest BCUT2D eigenvalue weighted by Crippen LogP contribution is 2.33. The van der Waals surface area contributed by atoms with Crippen molar-refractivity contribution in [3.8, 4) is 0 Å². The predicted octanol–water partition coefficient (Wildman–Crippen LogP) is 3.17. The van der Waals surface area contributed by atoms with Crippen LogP contribution in [0.4, 0.5) is 0 Å². The highest BCUT2D eigenvalue weighted by Gasteiger charge is 2.34. The van der Waals surface area contributed by atoms with Crippen LogP contribution in [0.3, 0.4) is 0 Å². The normalized spacial score (nSPS) is 19.6. The summed E-state index contributed by atoms with van der Waals surface area (Å²) < 4.78 is 28.4. The molecule has 1 aliphatic carbocycles. The van der Waals surface area contributed by atoms with Crippen LogP contribution < -0.4 is 4.72 Å². The lowest BCUT2D eigenvalue weighted by Gasteiger charge is -2.30. The van der Waals surface area contributed by atoms with Crippen LogP contribution in [0.1, 0.15) is 42.9 Å². The number of aromatic nitrogens is 1. The van der Waals surface area contributed by atoms with Crippen molar-refractivity contribution in [2.75, 3.05) is 0 Å². The van der Waals surface area contributed by atoms with Crippen LogP contribution in [-0.2, 0) is 14.8 Å². The van der Waals surface area contributed by atoms with Gasteiger partial charge in [0.1, 0.15) is 5.78 Å². The zero-order chi connectivity index (χ0) is 17.9. The van der Waals surface area contributed by atoms with Gasteiger partial charge in [-0.25, -0.2) is 13.1 Å². The standard InChI is InChI=1S/C19H22N2O3S/c1-14-6-8-16(9-7-14)25(23,24)21-19(15-10-12-20-13-11-15)17-4-2-3-5-18(17)22/h6-13,17,19,21H,2-5H2,1H3/t17-,19+/m0/s1. The van der Waals surface area contributed by atoms with Crippen LogP contribution in [0.25, 0.3) is 0 Å². The van der Waals surface area contributed by atoms with Crippen molar-refractivity contribution in [3.63, 3.8) is 0 Å². The number of hydrogen-bond donors (Lipinski definition) is 1. The van der Waals surface area contributed by atoms with Gasteiger partial charge in [-0.15, -0.1) is 0 Å². The number of ketones is 1. The molecule has 1 heterocycles. The van der Waals surface area contributed by atoms with Gasteiger partial charge >= 0.3 is 0 Å². The molecule has 5 nitrogen and oxygen atoms in total. The van der Waals surface area contributed by atoms with Crippen LogP contribution in [0.15, 0.2) is 53.7 Å². The first-order valence-corrected chi connectivity index (χ1v) is 9.97. The minimum Gasteiger partial charge on any atom is -0.299 e. The number of Topliss-reactive ketones (excluding diaryl/α,β-unsaturated/α-hetero) is 1. The summed E-state index contributed by atoms with van der Waals surface area (Å²) in [5.41, 5.74) is 1.76. The van der Waals surface area contributed by atoms with Crippen LogP contribution in [0.5, 0.6) is 0 Å². The van der Waals surface area contributed by atoms with E-state index in [1.807, 2.05) is 6.92 Å². The molecule has 0 spiro atoms. The summed E-state index contributed by atoms with van der Waals surface area (Å²) in [7, 11) is -3.72. The second-order valence-electron chi connectivity index (χ2n) is 6.51. The fourth-order valence-corrected chi connectivity index (χ4v) is 4.53. The highest BCUT2D eigenvalue weighted by atomic mass is 32.2. The van der Waals surface area contributed by atoms with E-state index in [1.54, 1.807) is 48.8 Å². The molecule has 1 aromatic heterocycles. The maximum absolute atomic E-state index is 12.8. The predicted molar refractivity (Wildman–Crippen MR) is 95.4 cm³/mol. The number of carbonyl (C=O) groups is 1. The molecule has 0 unspecified atom stereocenters. The zero-order valence-electron chi connectivity index (χ0n) is 14.2. The Morgan fingerprint density at radius 1 is 1.08 bits per heavy atom. The Morgan fingerprint density at radius 3 is 2.40 bits per heavy atom. The zero-order valence-corrected chi connectivity index (χ0v) is 15.0. The number of hydrogen-bond acceptors (Lipinski definition) is 4. The summed E-state index contributed by atoms with van der Waals surface area (Å²) >= 11 is 0. The molecule has 132 valence electrons. The van der Waals surface area contributed by atoms with Crippen molar-refractivity contribution in [2.24, 2.45) is 5.92 Å². The summed E-state index contributed by atoms with van der Waals surface area (Å²) in [4.78, 5) is 16.6. The van der Waals surface area contributed by atoms with E-state index in [2.05, 4.69) is 9.71 Å². The van der Waals surface area contributed by atoms with Gasteiger partial charge in [0.05, 0.1) is 10.9 Å². The second-order valence-corrected chi connectivity index (χ2v) is 8.23. The molecule has 1 aliphatic rings. The van der Waals surface area contributed by atoms with Gasteiger partial charge in [-0.3, -0.25) is 9.78 Å². The smallest absolute Gasteiger partial charge is 0.241 e. The Kier molecular flexibility index (Phi) is 5.30. The molecule has 0 amide bonds. The van der Waals surface area contributed by atoms with E-state index in [1.165, 1.54) is 0 Å². The quantitative estimate of drug-likeness (QED) is 0.891. The number of nitrogens with one attached hydrogen (secondary N) is 1. The van der Waals surface area contributed by atoms with E-state index in [4.69, 9.17) is 0 Å². The van der Waals surface area contributed by atoms with E-state index in [0.717, 1.165) is 24.0 Å². The van der Waals surface area contributed by atoms with E-state index < -0.39 is 16.1 Å². The molecule has 1 saturated carbocycles. The number of sulfonamides is 1. The van der Waals surface area contributed by atoms with Gasteiger partial charge in [0.25, 0.3) is 0 Å². The molecule has 2 aromatic rings. The third kappa shape index (κ3) is 4.14. The van der Waals surface area contributed by atoms with Crippen molar-refractivity contribution in [1.82, 2.24) is 9.71 Å². The second kappa shape index (κ2) is 7.45. The largest absolute Gasteiger partial charge is 0.299 e. The lowest BCUT2D eigenvalue weighted by molar-refractivity contribution is -0.125. The Hall–Kier alpha value is -2.05. The molecular formula is C19H22N2O3S. The minimum atomic E-state index is -3.72. The van der Waals surface area contributed by atoms with Crippen molar-refractivity contribution >= 4 is 15.8 Å². The number of carbonyl (C=O) groups excluding carboxylic acids is 1. The lowest BCUT2D eigenvalue weighted by Crippen LogP contribution is -2.38. The van der Waals surface area contributed by atoms with Gasteiger partial charge in [0.2, 0.25) is 10.0 Å². The fourth-order valence-electron chi connectivity index (χ4n) is 3.27. The van der Waals surface area contributed by atoms with Gasteiger partial charge in [-0.2, -0.15) is 0 Å². The van der Waals surface area contributed by atoms with E-state index in [0.29, 0.717) is 12.8 Å². The number of pyridine rings is 1. The Morgan fingerprint density at radius 2 is 1.76 bits per heavy atom. The molecule has 1 aromatic carbocycles. The average Bonchev–Trinajstić information content (AvgIpc) is 2.61. The van der Waals surface area contributed by atoms with Gasteiger partial charge < -0.3 is 0 Å². The van der Waals surface area contributed by atoms with Crippen LogP contribution in [-0.4, -0.2) is 19.2 Å². The third-order valence-corrected chi connectivity index (χ3v) is 6.14. The number of aryl methyl sites for hydroxylation is 1. The van der Waals surface area contributed by atoms with Crippen molar-refractivity contribution in [1.29, 1.82) is 0 Å².